The van der Waals surface area contributed by atoms with Gasteiger partial charge >= 0.3 is 0 Å². The van der Waals surface area contributed by atoms with Crippen LogP contribution in [0.25, 0.3) is 0 Å². The molecule has 3 nitrogen and oxygen atoms in total. The molecule has 0 aliphatic carbocycles. The fraction of sp³-hybridized carbons (Fsp3) is 1.00. The van der Waals surface area contributed by atoms with Crippen LogP contribution in [-0.4, -0.2) is 49.5 Å². The Morgan fingerprint density at radius 2 is 2.00 bits per heavy atom. The Bertz CT molecular complexity index is 182. The van der Waals surface area contributed by atoms with E-state index in [2.05, 4.69) is 25.4 Å². The maximum Gasteiger partial charge on any atom is 0.0897 e. The number of aliphatic hydroxyl groups excluding tert-OH is 1. The molecule has 19 heavy (non-hydrogen) atoms. The predicted molar refractivity (Wildman–Crippen MR) is 86.0 cm³/mol. The van der Waals surface area contributed by atoms with Gasteiger partial charge in [0.05, 0.1) is 12.7 Å². The molecule has 0 aromatic heterocycles. The Morgan fingerprint density at radius 1 is 1.21 bits per heavy atom. The zero-order valence-corrected chi connectivity index (χ0v) is 13.8. The summed E-state index contributed by atoms with van der Waals surface area (Å²) in [6.45, 7) is 7.30. The van der Waals surface area contributed by atoms with E-state index in [-0.39, 0.29) is 6.10 Å². The average molecular weight is 292 g/mol. The highest BCUT2D eigenvalue weighted by atomic mass is 32.2. The van der Waals surface area contributed by atoms with Crippen molar-refractivity contribution in [2.24, 2.45) is 5.92 Å². The molecule has 0 bridgehead atoms. The second-order valence-electron chi connectivity index (χ2n) is 5.16. The van der Waals surface area contributed by atoms with Crippen LogP contribution < -0.4 is 5.32 Å². The molecular formula is C15H33NO2S. The molecule has 4 heteroatoms. The largest absolute Gasteiger partial charge is 0.389 e. The highest BCUT2D eigenvalue weighted by Crippen LogP contribution is 2.12. The summed E-state index contributed by atoms with van der Waals surface area (Å²) in [4.78, 5) is 0. The van der Waals surface area contributed by atoms with E-state index in [1.165, 1.54) is 31.4 Å². The number of unbranched alkanes of at least 4 members (excludes halogenated alkanes) is 1. The van der Waals surface area contributed by atoms with E-state index in [0.717, 1.165) is 19.6 Å². The summed E-state index contributed by atoms with van der Waals surface area (Å²) in [5.74, 6) is 1.83. The van der Waals surface area contributed by atoms with Gasteiger partial charge in [-0.05, 0) is 37.3 Å². The standard InChI is InChI=1S/C15H33NO2S/c1-4-6-8-14(5-2)12-18-13-15(17)11-16-9-7-10-19-3/h14-17H,4-13H2,1-3H3. The van der Waals surface area contributed by atoms with Crippen LogP contribution in [0, 0.1) is 5.92 Å². The molecule has 0 aliphatic heterocycles. The molecule has 0 amide bonds. The van der Waals surface area contributed by atoms with Gasteiger partial charge in [-0.3, -0.25) is 0 Å². The van der Waals surface area contributed by atoms with Crippen molar-refractivity contribution in [3.8, 4) is 0 Å². The van der Waals surface area contributed by atoms with Crippen molar-refractivity contribution in [2.75, 3.05) is 38.3 Å². The summed E-state index contributed by atoms with van der Waals surface area (Å²) in [7, 11) is 0. The zero-order valence-electron chi connectivity index (χ0n) is 13.0. The molecule has 2 N–H and O–H groups in total. The van der Waals surface area contributed by atoms with Crippen LogP contribution in [0.3, 0.4) is 0 Å². The van der Waals surface area contributed by atoms with Crippen LogP contribution >= 0.6 is 11.8 Å². The van der Waals surface area contributed by atoms with Gasteiger partial charge in [0.1, 0.15) is 0 Å². The molecule has 0 aromatic carbocycles. The Kier molecular flexibility index (Phi) is 14.8. The van der Waals surface area contributed by atoms with Gasteiger partial charge < -0.3 is 15.2 Å². The van der Waals surface area contributed by atoms with Gasteiger partial charge in [0.15, 0.2) is 0 Å². The summed E-state index contributed by atoms with van der Waals surface area (Å²) in [5.41, 5.74) is 0. The van der Waals surface area contributed by atoms with Crippen molar-refractivity contribution in [3.05, 3.63) is 0 Å². The summed E-state index contributed by atoms with van der Waals surface area (Å²) >= 11 is 1.86. The minimum atomic E-state index is -0.377. The highest BCUT2D eigenvalue weighted by molar-refractivity contribution is 7.98. The number of aliphatic hydroxyl groups is 1. The smallest absolute Gasteiger partial charge is 0.0897 e. The number of hydrogen-bond donors (Lipinski definition) is 2. The van der Waals surface area contributed by atoms with Crippen LogP contribution in [0.15, 0.2) is 0 Å². The molecule has 0 heterocycles. The number of rotatable bonds is 14. The lowest BCUT2D eigenvalue weighted by molar-refractivity contribution is 0.0194. The number of ether oxygens (including phenoxy) is 1. The minimum Gasteiger partial charge on any atom is -0.389 e. The van der Waals surface area contributed by atoms with E-state index < -0.39 is 0 Å². The summed E-state index contributed by atoms with van der Waals surface area (Å²) in [5, 5.41) is 13.0. The summed E-state index contributed by atoms with van der Waals surface area (Å²) < 4.78 is 5.63. The lowest BCUT2D eigenvalue weighted by atomic mass is 10.0. The monoisotopic (exact) mass is 291 g/mol. The average Bonchev–Trinajstić information content (AvgIpc) is 2.42. The topological polar surface area (TPSA) is 41.5 Å². The van der Waals surface area contributed by atoms with Gasteiger partial charge in [-0.1, -0.05) is 33.1 Å². The fourth-order valence-electron chi connectivity index (χ4n) is 1.94. The van der Waals surface area contributed by atoms with Crippen LogP contribution in [-0.2, 0) is 4.74 Å². The molecule has 0 saturated carbocycles. The van der Waals surface area contributed by atoms with Gasteiger partial charge in [0.25, 0.3) is 0 Å². The lowest BCUT2D eigenvalue weighted by Crippen LogP contribution is -2.31. The molecule has 0 fully saturated rings. The maximum absolute atomic E-state index is 9.77. The lowest BCUT2D eigenvalue weighted by Gasteiger charge is -2.17. The third-order valence-electron chi connectivity index (χ3n) is 3.29. The Labute approximate surface area is 123 Å². The Balaban J connectivity index is 3.42. The van der Waals surface area contributed by atoms with Crippen LogP contribution in [0.4, 0.5) is 0 Å². The van der Waals surface area contributed by atoms with Gasteiger partial charge in [-0.25, -0.2) is 0 Å². The summed E-state index contributed by atoms with van der Waals surface area (Å²) in [6.07, 6.45) is 7.84. The molecule has 0 spiro atoms. The highest BCUT2D eigenvalue weighted by Gasteiger charge is 2.08. The number of thioether (sulfide) groups is 1. The zero-order chi connectivity index (χ0) is 14.3. The van der Waals surface area contributed by atoms with Gasteiger partial charge in [-0.15, -0.1) is 0 Å². The second-order valence-corrected chi connectivity index (χ2v) is 6.14. The molecule has 2 unspecified atom stereocenters. The molecule has 0 aromatic rings. The normalized spacial score (nSPS) is 14.5. The van der Waals surface area contributed by atoms with E-state index in [0.29, 0.717) is 19.1 Å². The first-order chi connectivity index (χ1) is 9.24. The van der Waals surface area contributed by atoms with E-state index in [1.54, 1.807) is 0 Å². The quantitative estimate of drug-likeness (QED) is 0.483. The number of nitrogens with one attached hydrogen (secondary N) is 1. The first kappa shape index (κ1) is 19.2. The van der Waals surface area contributed by atoms with Crippen molar-refractivity contribution in [1.29, 1.82) is 0 Å². The van der Waals surface area contributed by atoms with Crippen molar-refractivity contribution >= 4 is 11.8 Å². The van der Waals surface area contributed by atoms with E-state index in [4.69, 9.17) is 4.74 Å². The van der Waals surface area contributed by atoms with Gasteiger partial charge in [0.2, 0.25) is 0 Å². The predicted octanol–water partition coefficient (Wildman–Crippen LogP) is 2.92. The van der Waals surface area contributed by atoms with Crippen molar-refractivity contribution < 1.29 is 9.84 Å². The maximum atomic E-state index is 9.77. The van der Waals surface area contributed by atoms with Gasteiger partial charge in [-0.2, -0.15) is 11.8 Å². The fourth-order valence-corrected chi connectivity index (χ4v) is 2.37. The Hall–Kier alpha value is 0.230. The van der Waals surface area contributed by atoms with E-state index >= 15 is 0 Å². The van der Waals surface area contributed by atoms with Crippen LogP contribution in [0.2, 0.25) is 0 Å². The molecule has 0 rings (SSSR count). The Morgan fingerprint density at radius 3 is 2.63 bits per heavy atom. The molecule has 116 valence electrons. The van der Waals surface area contributed by atoms with Crippen molar-refractivity contribution in [2.45, 2.75) is 52.1 Å². The molecule has 0 aliphatic rings. The third kappa shape index (κ3) is 13.0. The summed E-state index contributed by atoms with van der Waals surface area (Å²) in [6, 6.07) is 0. The molecule has 2 atom stereocenters. The van der Waals surface area contributed by atoms with Gasteiger partial charge in [0, 0.05) is 13.2 Å². The van der Waals surface area contributed by atoms with E-state index in [9.17, 15) is 5.11 Å². The van der Waals surface area contributed by atoms with Crippen LogP contribution in [0.5, 0.6) is 0 Å². The van der Waals surface area contributed by atoms with Crippen molar-refractivity contribution in [1.82, 2.24) is 5.32 Å². The van der Waals surface area contributed by atoms with E-state index in [1.807, 2.05) is 11.8 Å². The first-order valence-corrected chi connectivity index (χ1v) is 9.09. The molecular weight excluding hydrogens is 258 g/mol. The first-order valence-electron chi connectivity index (χ1n) is 7.70. The SMILES string of the molecule is CCCCC(CC)COCC(O)CNCCCSC. The molecule has 0 radical (unpaired) electrons. The van der Waals surface area contributed by atoms with Crippen molar-refractivity contribution in [3.63, 3.8) is 0 Å². The number of hydrogen-bond acceptors (Lipinski definition) is 4. The molecule has 0 saturated heterocycles. The third-order valence-corrected chi connectivity index (χ3v) is 3.99. The minimum absolute atomic E-state index is 0.377. The van der Waals surface area contributed by atoms with Crippen LogP contribution in [0.1, 0.15) is 46.0 Å². The second kappa shape index (κ2) is 14.6.